The fourth-order valence-corrected chi connectivity index (χ4v) is 4.65. The van der Waals surface area contributed by atoms with Crippen LogP contribution in [0.3, 0.4) is 0 Å². The number of carbonyl (C=O) groups is 2. The van der Waals surface area contributed by atoms with Crippen LogP contribution in [0.4, 0.5) is 5.69 Å². The number of hydrogen-bond donors (Lipinski definition) is 1. The molecule has 4 rings (SSSR count). The number of rotatable bonds is 6. The van der Waals surface area contributed by atoms with E-state index in [-0.39, 0.29) is 11.7 Å². The lowest BCUT2D eigenvalue weighted by molar-refractivity contribution is 0.101. The quantitative estimate of drug-likeness (QED) is 0.381. The average molecular weight is 459 g/mol. The van der Waals surface area contributed by atoms with E-state index in [1.54, 1.807) is 24.3 Å². The Labute approximate surface area is 197 Å². The lowest BCUT2D eigenvalue weighted by Gasteiger charge is -2.05. The maximum Gasteiger partial charge on any atom is 0.267 e. The van der Waals surface area contributed by atoms with Crippen molar-refractivity contribution in [3.05, 3.63) is 92.7 Å². The maximum absolute atomic E-state index is 12.9. The van der Waals surface area contributed by atoms with Gasteiger partial charge in [0.2, 0.25) is 5.13 Å². The van der Waals surface area contributed by atoms with E-state index in [0.29, 0.717) is 27.0 Å². The van der Waals surface area contributed by atoms with Crippen molar-refractivity contribution in [3.63, 3.8) is 0 Å². The molecule has 2 heterocycles. The minimum atomic E-state index is -0.228. The van der Waals surface area contributed by atoms with Crippen molar-refractivity contribution < 1.29 is 9.59 Å². The van der Waals surface area contributed by atoms with Gasteiger partial charge >= 0.3 is 0 Å². The van der Waals surface area contributed by atoms with E-state index in [2.05, 4.69) is 41.5 Å². The topological polar surface area (TPSA) is 76.9 Å². The Kier molecular flexibility index (Phi) is 6.24. The molecule has 0 aliphatic heterocycles. The number of hydrogen-bond acceptors (Lipinski definition) is 5. The highest BCUT2D eigenvalue weighted by atomic mass is 32.1. The third-order valence-corrected chi connectivity index (χ3v) is 6.80. The van der Waals surface area contributed by atoms with Crippen LogP contribution in [0.15, 0.2) is 48.5 Å². The van der Waals surface area contributed by atoms with Gasteiger partial charge in [0.25, 0.3) is 5.91 Å². The number of nitrogens with one attached hydrogen (secondary N) is 1. The monoisotopic (exact) mass is 458 g/mol. The Hall–Kier alpha value is -3.58. The summed E-state index contributed by atoms with van der Waals surface area (Å²) in [4.78, 5) is 29.5. The van der Waals surface area contributed by atoms with Crippen molar-refractivity contribution in [2.45, 2.75) is 41.0 Å². The molecule has 33 heavy (non-hydrogen) atoms. The van der Waals surface area contributed by atoms with Crippen LogP contribution in [0.1, 0.15) is 60.7 Å². The average Bonchev–Trinajstić information content (AvgIpc) is 3.30. The highest BCUT2D eigenvalue weighted by Crippen LogP contribution is 2.27. The van der Waals surface area contributed by atoms with E-state index in [4.69, 9.17) is 5.10 Å². The molecule has 0 bridgehead atoms. The van der Waals surface area contributed by atoms with E-state index >= 15 is 0 Å². The summed E-state index contributed by atoms with van der Waals surface area (Å²) >= 11 is 1.32. The normalized spacial score (nSPS) is 10.9. The smallest absolute Gasteiger partial charge is 0.267 e. The molecule has 0 radical (unpaired) electrons. The zero-order chi connectivity index (χ0) is 23.7. The Morgan fingerprint density at radius 1 is 0.939 bits per heavy atom. The first-order valence-corrected chi connectivity index (χ1v) is 11.6. The third kappa shape index (κ3) is 4.78. The second-order valence-corrected chi connectivity index (χ2v) is 9.20. The number of ketones is 1. The second-order valence-electron chi connectivity index (χ2n) is 8.22. The van der Waals surface area contributed by atoms with Gasteiger partial charge in [-0.05, 0) is 64.4 Å². The Bertz CT molecular complexity index is 1330. The molecule has 0 aliphatic rings. The highest BCUT2D eigenvalue weighted by Gasteiger charge is 2.20. The fourth-order valence-electron chi connectivity index (χ4n) is 3.69. The summed E-state index contributed by atoms with van der Waals surface area (Å²) in [7, 11) is 0. The van der Waals surface area contributed by atoms with Crippen LogP contribution in [-0.4, -0.2) is 26.5 Å². The molecular weight excluding hydrogens is 432 g/mol. The number of aromatic nitrogens is 3. The summed E-state index contributed by atoms with van der Waals surface area (Å²) in [5.41, 5.74) is 7.51. The zero-order valence-electron chi connectivity index (χ0n) is 19.4. The summed E-state index contributed by atoms with van der Waals surface area (Å²) in [5.74, 6) is -0.240. The maximum atomic E-state index is 12.9. The molecule has 0 unspecified atom stereocenters. The lowest BCUT2D eigenvalue weighted by Crippen LogP contribution is -2.11. The van der Waals surface area contributed by atoms with Gasteiger partial charge in [-0.2, -0.15) is 5.10 Å². The molecule has 7 heteroatoms. The number of anilines is 1. The van der Waals surface area contributed by atoms with Gasteiger partial charge in [-0.25, -0.2) is 9.67 Å². The molecule has 0 fully saturated rings. The van der Waals surface area contributed by atoms with Crippen LogP contribution in [-0.2, 0) is 6.42 Å². The molecule has 2 aromatic carbocycles. The number of amides is 1. The summed E-state index contributed by atoms with van der Waals surface area (Å²) < 4.78 is 1.83. The Balaban J connectivity index is 1.57. The van der Waals surface area contributed by atoms with E-state index in [0.717, 1.165) is 17.8 Å². The standard InChI is InChI=1S/C26H26N4O2S/c1-15-6-8-20(9-7-15)14-23-16(2)29-30(18(23)4)26-27-17(3)24(33-26)25(32)28-22-12-10-21(11-13-22)19(5)31/h6-13H,14H2,1-5H3,(H,28,32). The Morgan fingerprint density at radius 3 is 2.24 bits per heavy atom. The molecular formula is C26H26N4O2S. The van der Waals surface area contributed by atoms with Crippen molar-refractivity contribution in [2.24, 2.45) is 0 Å². The number of nitrogens with zero attached hydrogens (tertiary/aromatic N) is 3. The van der Waals surface area contributed by atoms with Crippen LogP contribution in [0.5, 0.6) is 0 Å². The molecule has 6 nitrogen and oxygen atoms in total. The van der Waals surface area contributed by atoms with Crippen LogP contribution in [0.2, 0.25) is 0 Å². The lowest BCUT2D eigenvalue weighted by atomic mass is 10.0. The molecule has 0 saturated heterocycles. The largest absolute Gasteiger partial charge is 0.321 e. The SMILES string of the molecule is CC(=O)c1ccc(NC(=O)c2sc(-n3nc(C)c(Cc4ccc(C)cc4)c3C)nc2C)cc1. The number of thiazole rings is 1. The molecule has 0 atom stereocenters. The molecule has 0 saturated carbocycles. The highest BCUT2D eigenvalue weighted by molar-refractivity contribution is 7.16. The summed E-state index contributed by atoms with van der Waals surface area (Å²) in [5, 5.41) is 8.27. The minimum absolute atomic E-state index is 0.0116. The minimum Gasteiger partial charge on any atom is -0.321 e. The molecule has 1 amide bonds. The first kappa shape index (κ1) is 22.6. The van der Waals surface area contributed by atoms with Crippen LogP contribution in [0, 0.1) is 27.7 Å². The summed E-state index contributed by atoms with van der Waals surface area (Å²) in [6.07, 6.45) is 0.798. The fraction of sp³-hybridized carbons (Fsp3) is 0.231. The predicted molar refractivity (Wildman–Crippen MR) is 132 cm³/mol. The molecule has 168 valence electrons. The molecule has 0 spiro atoms. The van der Waals surface area contributed by atoms with Gasteiger partial charge in [-0.15, -0.1) is 0 Å². The van der Waals surface area contributed by atoms with Gasteiger partial charge in [-0.1, -0.05) is 41.2 Å². The number of Topliss-reactive ketones (excluding diaryl/α,β-unsaturated/α-hetero) is 1. The zero-order valence-corrected chi connectivity index (χ0v) is 20.2. The molecule has 4 aromatic rings. The van der Waals surface area contributed by atoms with Crippen molar-refractivity contribution in [2.75, 3.05) is 5.32 Å². The van der Waals surface area contributed by atoms with Gasteiger partial charge in [-0.3, -0.25) is 9.59 Å². The summed E-state index contributed by atoms with van der Waals surface area (Å²) in [6.45, 7) is 9.47. The molecule has 2 aromatic heterocycles. The van der Waals surface area contributed by atoms with Crippen molar-refractivity contribution in [1.29, 1.82) is 0 Å². The van der Waals surface area contributed by atoms with Crippen LogP contribution in [0.25, 0.3) is 5.13 Å². The van der Waals surface area contributed by atoms with Crippen LogP contribution < -0.4 is 5.32 Å². The van der Waals surface area contributed by atoms with Crippen LogP contribution >= 0.6 is 11.3 Å². The molecule has 0 aliphatic carbocycles. The second kappa shape index (κ2) is 9.11. The number of carbonyl (C=O) groups excluding carboxylic acids is 2. The van der Waals surface area contributed by atoms with Crippen molar-refractivity contribution >= 4 is 28.7 Å². The first-order valence-electron chi connectivity index (χ1n) is 10.7. The van der Waals surface area contributed by atoms with Gasteiger partial charge in [0, 0.05) is 28.9 Å². The van der Waals surface area contributed by atoms with E-state index in [9.17, 15) is 9.59 Å². The Morgan fingerprint density at radius 2 is 1.61 bits per heavy atom. The molecule has 1 N–H and O–H groups in total. The first-order chi connectivity index (χ1) is 15.7. The van der Waals surface area contributed by atoms with Gasteiger partial charge in [0.05, 0.1) is 11.4 Å². The third-order valence-electron chi connectivity index (χ3n) is 5.66. The van der Waals surface area contributed by atoms with Crippen molar-refractivity contribution in [3.8, 4) is 5.13 Å². The number of benzene rings is 2. The predicted octanol–water partition coefficient (Wildman–Crippen LogP) is 5.61. The van der Waals surface area contributed by atoms with Gasteiger partial charge < -0.3 is 5.32 Å². The van der Waals surface area contributed by atoms with Gasteiger partial charge in [0.15, 0.2) is 5.78 Å². The number of aryl methyl sites for hydroxylation is 3. The van der Waals surface area contributed by atoms with E-state index in [1.807, 2.05) is 25.5 Å². The van der Waals surface area contributed by atoms with Gasteiger partial charge in [0.1, 0.15) is 4.88 Å². The summed E-state index contributed by atoms with van der Waals surface area (Å²) in [6, 6.07) is 15.4. The van der Waals surface area contributed by atoms with E-state index in [1.165, 1.54) is 35.0 Å². The van der Waals surface area contributed by atoms with Crippen molar-refractivity contribution in [1.82, 2.24) is 14.8 Å². The van der Waals surface area contributed by atoms with E-state index < -0.39 is 0 Å².